The van der Waals surface area contributed by atoms with E-state index < -0.39 is 0 Å². The molecule has 2 aliphatic rings. The van der Waals surface area contributed by atoms with Crippen molar-refractivity contribution in [1.29, 1.82) is 0 Å². The Hall–Kier alpha value is -3.22. The second kappa shape index (κ2) is 7.80. The summed E-state index contributed by atoms with van der Waals surface area (Å²) in [4.78, 5) is 24.4. The van der Waals surface area contributed by atoms with Gasteiger partial charge in [0.2, 0.25) is 0 Å². The van der Waals surface area contributed by atoms with Gasteiger partial charge in [0.1, 0.15) is 5.56 Å². The molecule has 3 atom stereocenters. The molecule has 5 rings (SSSR count). The van der Waals surface area contributed by atoms with Crippen LogP contribution in [0.4, 0.5) is 0 Å². The lowest BCUT2D eigenvalue weighted by Gasteiger charge is -2.24. The molecule has 7 heteroatoms. The molecule has 0 saturated carbocycles. The van der Waals surface area contributed by atoms with Gasteiger partial charge in [0.15, 0.2) is 5.76 Å². The number of ether oxygens (including phenoxy) is 1. The van der Waals surface area contributed by atoms with Crippen molar-refractivity contribution in [1.82, 2.24) is 20.0 Å². The number of fused-ring (bicyclic) bond motifs is 2. The molecule has 2 aromatic heterocycles. The fourth-order valence-electron chi connectivity index (χ4n) is 5.09. The summed E-state index contributed by atoms with van der Waals surface area (Å²) in [6.07, 6.45) is 2.95. The first-order valence-electron chi connectivity index (χ1n) is 10.8. The molecular formula is C24H26N4O3. The Morgan fingerprint density at radius 3 is 2.61 bits per heavy atom. The summed E-state index contributed by atoms with van der Waals surface area (Å²) < 4.78 is 11.5. The largest absolute Gasteiger partial charge is 0.463 e. The highest BCUT2D eigenvalue weighted by Gasteiger charge is 2.49. The lowest BCUT2D eigenvalue weighted by Crippen LogP contribution is -2.37. The molecule has 4 heterocycles. The Balaban J connectivity index is 1.35. The molecule has 7 nitrogen and oxygen atoms in total. The third-order valence-corrected chi connectivity index (χ3v) is 6.40. The molecule has 3 aromatic rings. The normalized spacial score (nSPS) is 22.2. The van der Waals surface area contributed by atoms with Crippen molar-refractivity contribution in [2.75, 3.05) is 6.61 Å². The van der Waals surface area contributed by atoms with Crippen molar-refractivity contribution in [3.8, 4) is 17.3 Å². The van der Waals surface area contributed by atoms with E-state index in [9.17, 15) is 4.79 Å². The molecule has 0 aliphatic carbocycles. The van der Waals surface area contributed by atoms with Crippen LogP contribution in [0.1, 0.15) is 46.7 Å². The Bertz CT molecular complexity index is 1090. The summed E-state index contributed by atoms with van der Waals surface area (Å²) in [5.41, 5.74) is 3.85. The Labute approximate surface area is 181 Å². The van der Waals surface area contributed by atoms with Crippen molar-refractivity contribution in [2.24, 2.45) is 5.92 Å². The molecule has 0 radical (unpaired) electrons. The van der Waals surface area contributed by atoms with E-state index in [1.807, 2.05) is 62.1 Å². The highest BCUT2D eigenvalue weighted by molar-refractivity contribution is 6.01. The minimum atomic E-state index is 0.00949. The smallest absolute Gasteiger partial charge is 0.316 e. The number of hydrogen-bond donors (Lipinski definition) is 0. The van der Waals surface area contributed by atoms with Crippen molar-refractivity contribution in [3.63, 3.8) is 0 Å². The van der Waals surface area contributed by atoms with E-state index >= 15 is 0 Å². The maximum Gasteiger partial charge on any atom is 0.316 e. The molecule has 1 amide bonds. The second-order valence-corrected chi connectivity index (χ2v) is 8.59. The number of amides is 1. The molecule has 2 bridgehead atoms. The maximum atomic E-state index is 13.7. The SMILES string of the molecule is Cc1cc(C)nc(OCC2CC3CCC2N3C(=O)c2c(C)noc2-c2ccccc2)n1. The predicted molar refractivity (Wildman–Crippen MR) is 115 cm³/mol. The van der Waals surface area contributed by atoms with Gasteiger partial charge >= 0.3 is 6.01 Å². The van der Waals surface area contributed by atoms with Crippen molar-refractivity contribution in [3.05, 3.63) is 59.0 Å². The topological polar surface area (TPSA) is 81.4 Å². The van der Waals surface area contributed by atoms with Crippen LogP contribution in [0.5, 0.6) is 6.01 Å². The molecule has 1 aromatic carbocycles. The number of rotatable bonds is 5. The van der Waals surface area contributed by atoms with Crippen LogP contribution in [-0.4, -0.2) is 44.6 Å². The van der Waals surface area contributed by atoms with Gasteiger partial charge in [-0.05, 0) is 46.1 Å². The molecule has 3 unspecified atom stereocenters. The maximum absolute atomic E-state index is 13.7. The van der Waals surface area contributed by atoms with Gasteiger partial charge < -0.3 is 14.2 Å². The first-order chi connectivity index (χ1) is 15.0. The van der Waals surface area contributed by atoms with Crippen LogP contribution in [-0.2, 0) is 0 Å². The molecule has 0 spiro atoms. The Morgan fingerprint density at radius 2 is 1.87 bits per heavy atom. The highest BCUT2D eigenvalue weighted by Crippen LogP contribution is 2.43. The summed E-state index contributed by atoms with van der Waals surface area (Å²) in [6.45, 7) is 6.22. The van der Waals surface area contributed by atoms with Crippen molar-refractivity contribution in [2.45, 2.75) is 52.1 Å². The number of aryl methyl sites for hydroxylation is 3. The van der Waals surface area contributed by atoms with Crippen molar-refractivity contribution >= 4 is 5.91 Å². The van der Waals surface area contributed by atoms with E-state index in [0.29, 0.717) is 29.6 Å². The summed E-state index contributed by atoms with van der Waals surface area (Å²) in [5, 5.41) is 4.10. The second-order valence-electron chi connectivity index (χ2n) is 8.59. The fraction of sp³-hybridized carbons (Fsp3) is 0.417. The van der Waals surface area contributed by atoms with Gasteiger partial charge in [-0.2, -0.15) is 0 Å². The van der Waals surface area contributed by atoms with Gasteiger partial charge in [-0.3, -0.25) is 4.79 Å². The Morgan fingerprint density at radius 1 is 1.13 bits per heavy atom. The van der Waals surface area contributed by atoms with Crippen molar-refractivity contribution < 1.29 is 14.1 Å². The van der Waals surface area contributed by atoms with E-state index in [1.165, 1.54) is 0 Å². The Kier molecular flexibility index (Phi) is 4.96. The summed E-state index contributed by atoms with van der Waals surface area (Å²) in [5.74, 6) is 0.827. The van der Waals surface area contributed by atoms with Crippen LogP contribution in [0.15, 0.2) is 40.9 Å². The van der Waals surface area contributed by atoms with Crippen LogP contribution in [0, 0.1) is 26.7 Å². The third kappa shape index (κ3) is 3.58. The van der Waals surface area contributed by atoms with Crippen LogP contribution in [0.25, 0.3) is 11.3 Å². The van der Waals surface area contributed by atoms with Crippen LogP contribution >= 0.6 is 0 Å². The molecule has 2 aliphatic heterocycles. The molecule has 160 valence electrons. The zero-order chi connectivity index (χ0) is 21.5. The predicted octanol–water partition coefficient (Wildman–Crippen LogP) is 4.13. The van der Waals surface area contributed by atoms with Gasteiger partial charge in [0.25, 0.3) is 5.91 Å². The minimum Gasteiger partial charge on any atom is -0.463 e. The van der Waals surface area contributed by atoms with Crippen LogP contribution in [0.3, 0.4) is 0 Å². The van der Waals surface area contributed by atoms with Gasteiger partial charge in [-0.25, -0.2) is 9.97 Å². The first-order valence-corrected chi connectivity index (χ1v) is 10.8. The zero-order valence-corrected chi connectivity index (χ0v) is 18.0. The van der Waals surface area contributed by atoms with E-state index in [4.69, 9.17) is 9.26 Å². The van der Waals surface area contributed by atoms with Crippen LogP contribution < -0.4 is 4.74 Å². The zero-order valence-electron chi connectivity index (χ0n) is 18.0. The van der Waals surface area contributed by atoms with E-state index in [0.717, 1.165) is 36.2 Å². The molecule has 31 heavy (non-hydrogen) atoms. The van der Waals surface area contributed by atoms with E-state index in [1.54, 1.807) is 0 Å². The average molecular weight is 418 g/mol. The van der Waals surface area contributed by atoms with Crippen LogP contribution in [0.2, 0.25) is 0 Å². The van der Waals surface area contributed by atoms with Gasteiger partial charge in [0, 0.05) is 35.0 Å². The lowest BCUT2D eigenvalue weighted by atomic mass is 9.90. The van der Waals surface area contributed by atoms with E-state index in [2.05, 4.69) is 15.1 Å². The number of carbonyl (C=O) groups is 1. The molecular weight excluding hydrogens is 392 g/mol. The van der Waals surface area contributed by atoms with Gasteiger partial charge in [0.05, 0.1) is 12.3 Å². The first kappa shape index (κ1) is 19.7. The number of benzene rings is 1. The lowest BCUT2D eigenvalue weighted by molar-refractivity contribution is 0.0709. The average Bonchev–Trinajstić information content (AvgIpc) is 3.44. The number of carbonyl (C=O) groups excluding carboxylic acids is 1. The quantitative estimate of drug-likeness (QED) is 0.620. The number of aromatic nitrogens is 3. The number of nitrogens with zero attached hydrogens (tertiary/aromatic N) is 4. The summed E-state index contributed by atoms with van der Waals surface area (Å²) >= 11 is 0. The molecule has 2 fully saturated rings. The fourth-order valence-corrected chi connectivity index (χ4v) is 5.09. The highest BCUT2D eigenvalue weighted by atomic mass is 16.5. The minimum absolute atomic E-state index is 0.00949. The third-order valence-electron chi connectivity index (χ3n) is 6.40. The monoisotopic (exact) mass is 418 g/mol. The van der Waals surface area contributed by atoms with E-state index in [-0.39, 0.29) is 23.9 Å². The molecule has 0 N–H and O–H groups in total. The number of hydrogen-bond acceptors (Lipinski definition) is 6. The van der Waals surface area contributed by atoms with Gasteiger partial charge in [-0.1, -0.05) is 35.5 Å². The summed E-state index contributed by atoms with van der Waals surface area (Å²) in [7, 11) is 0. The summed E-state index contributed by atoms with van der Waals surface area (Å²) in [6, 6.07) is 12.4. The van der Waals surface area contributed by atoms with Gasteiger partial charge in [-0.15, -0.1) is 0 Å². The molecule has 2 saturated heterocycles. The standard InChI is InChI=1S/C24H26N4O3/c1-14-11-15(2)26-24(25-14)30-13-18-12-19-9-10-20(18)28(19)23(29)21-16(3)27-31-22(21)17-7-5-4-6-8-17/h4-8,11,18-20H,9-10,12-13H2,1-3H3.